The first-order chi connectivity index (χ1) is 13.7. The van der Waals surface area contributed by atoms with E-state index in [0.29, 0.717) is 31.2 Å². The van der Waals surface area contributed by atoms with Crippen LogP contribution in [0.4, 0.5) is 0 Å². The first kappa shape index (κ1) is 18.0. The molecule has 0 aliphatic carbocycles. The minimum absolute atomic E-state index is 0.0695. The second-order valence-corrected chi connectivity index (χ2v) is 6.67. The molecule has 1 aliphatic heterocycles. The van der Waals surface area contributed by atoms with Crippen LogP contribution < -0.4 is 9.47 Å². The number of hydrogen-bond acceptors (Lipinski definition) is 6. The van der Waals surface area contributed by atoms with Crippen molar-refractivity contribution in [3.05, 3.63) is 60.0 Å². The van der Waals surface area contributed by atoms with Crippen LogP contribution in [0.25, 0.3) is 11.4 Å². The van der Waals surface area contributed by atoms with Crippen LogP contribution in [0.5, 0.6) is 11.5 Å². The van der Waals surface area contributed by atoms with Crippen molar-refractivity contribution in [2.75, 3.05) is 20.8 Å². The first-order valence-electron chi connectivity index (χ1n) is 9.05. The first-order valence-corrected chi connectivity index (χ1v) is 9.05. The second kappa shape index (κ2) is 7.72. The van der Waals surface area contributed by atoms with Gasteiger partial charge < -0.3 is 18.9 Å². The summed E-state index contributed by atoms with van der Waals surface area (Å²) in [4.78, 5) is 18.8. The Morgan fingerprint density at radius 3 is 2.64 bits per heavy atom. The van der Waals surface area contributed by atoms with Gasteiger partial charge in [0.1, 0.15) is 11.5 Å². The van der Waals surface area contributed by atoms with E-state index in [-0.39, 0.29) is 11.8 Å². The van der Waals surface area contributed by atoms with Gasteiger partial charge in [0.25, 0.3) is 0 Å². The Morgan fingerprint density at radius 1 is 1.11 bits per heavy atom. The number of benzene rings is 2. The van der Waals surface area contributed by atoms with Crippen LogP contribution in [-0.4, -0.2) is 41.7 Å². The average molecular weight is 379 g/mol. The van der Waals surface area contributed by atoms with E-state index in [1.807, 2.05) is 48.5 Å². The fourth-order valence-corrected chi connectivity index (χ4v) is 3.39. The molecule has 144 valence electrons. The van der Waals surface area contributed by atoms with Crippen LogP contribution in [0, 0.1) is 0 Å². The van der Waals surface area contributed by atoms with E-state index in [4.69, 9.17) is 14.0 Å². The third-order valence-corrected chi connectivity index (χ3v) is 4.91. The van der Waals surface area contributed by atoms with Crippen molar-refractivity contribution in [1.29, 1.82) is 0 Å². The minimum Gasteiger partial charge on any atom is -0.497 e. The molecule has 0 N–H and O–H groups in total. The number of nitrogens with zero attached hydrogens (tertiary/aromatic N) is 3. The molecule has 2 aromatic carbocycles. The standard InChI is InChI=1S/C21H21N3O4/c1-26-17-9-7-14(8-10-17)20-22-21(28-23-20)16-11-19(25)24(13-16)12-15-5-3-4-6-18(15)27-2/h3-10,16H,11-13H2,1-2H3. The summed E-state index contributed by atoms with van der Waals surface area (Å²) in [7, 11) is 3.25. The predicted octanol–water partition coefficient (Wildman–Crippen LogP) is 3.27. The maximum Gasteiger partial charge on any atom is 0.232 e. The molecule has 7 nitrogen and oxygen atoms in total. The summed E-state index contributed by atoms with van der Waals surface area (Å²) in [6.45, 7) is 1.04. The second-order valence-electron chi connectivity index (χ2n) is 6.67. The van der Waals surface area contributed by atoms with Crippen molar-refractivity contribution >= 4 is 5.91 Å². The van der Waals surface area contributed by atoms with Gasteiger partial charge in [-0.25, -0.2) is 0 Å². The lowest BCUT2D eigenvalue weighted by molar-refractivity contribution is -0.128. The summed E-state index contributed by atoms with van der Waals surface area (Å²) in [5.74, 6) is 2.50. The third-order valence-electron chi connectivity index (χ3n) is 4.91. The highest BCUT2D eigenvalue weighted by Crippen LogP contribution is 2.31. The maximum absolute atomic E-state index is 12.5. The Morgan fingerprint density at radius 2 is 1.89 bits per heavy atom. The number of carbonyl (C=O) groups is 1. The van der Waals surface area contributed by atoms with Gasteiger partial charge >= 0.3 is 0 Å². The number of aromatic nitrogens is 2. The molecule has 1 fully saturated rings. The molecule has 1 amide bonds. The number of para-hydroxylation sites is 1. The number of methoxy groups -OCH3 is 2. The van der Waals surface area contributed by atoms with Gasteiger partial charge in [0.15, 0.2) is 0 Å². The van der Waals surface area contributed by atoms with E-state index in [9.17, 15) is 4.79 Å². The highest BCUT2D eigenvalue weighted by molar-refractivity contribution is 5.79. The van der Waals surface area contributed by atoms with Crippen molar-refractivity contribution in [1.82, 2.24) is 15.0 Å². The number of amides is 1. The minimum atomic E-state index is -0.110. The van der Waals surface area contributed by atoms with Gasteiger partial charge in [-0.2, -0.15) is 4.98 Å². The molecule has 28 heavy (non-hydrogen) atoms. The van der Waals surface area contributed by atoms with E-state index < -0.39 is 0 Å². The highest BCUT2D eigenvalue weighted by atomic mass is 16.5. The van der Waals surface area contributed by atoms with Gasteiger partial charge in [-0.15, -0.1) is 0 Å². The fraction of sp³-hybridized carbons (Fsp3) is 0.286. The molecule has 1 aliphatic rings. The number of rotatable bonds is 6. The highest BCUT2D eigenvalue weighted by Gasteiger charge is 2.34. The van der Waals surface area contributed by atoms with Crippen molar-refractivity contribution in [2.45, 2.75) is 18.9 Å². The van der Waals surface area contributed by atoms with Crippen LogP contribution in [0.3, 0.4) is 0 Å². The molecule has 1 saturated heterocycles. The smallest absolute Gasteiger partial charge is 0.232 e. The summed E-state index contributed by atoms with van der Waals surface area (Å²) in [5, 5.41) is 4.07. The lowest BCUT2D eigenvalue weighted by atomic mass is 10.1. The monoisotopic (exact) mass is 379 g/mol. The summed E-state index contributed by atoms with van der Waals surface area (Å²) in [6.07, 6.45) is 0.361. The molecule has 7 heteroatoms. The number of ether oxygens (including phenoxy) is 2. The van der Waals surface area contributed by atoms with Crippen LogP contribution in [0.15, 0.2) is 53.1 Å². The number of carbonyl (C=O) groups excluding carboxylic acids is 1. The lowest BCUT2D eigenvalue weighted by Gasteiger charge is -2.17. The SMILES string of the molecule is COc1ccc(-c2noc(C3CC(=O)N(Cc4ccccc4OC)C3)n2)cc1. The zero-order valence-electron chi connectivity index (χ0n) is 15.8. The Kier molecular flexibility index (Phi) is 4.97. The Bertz CT molecular complexity index is 968. The molecule has 0 saturated carbocycles. The molecule has 1 unspecified atom stereocenters. The van der Waals surface area contributed by atoms with Crippen molar-refractivity contribution in [3.63, 3.8) is 0 Å². The molecule has 2 heterocycles. The predicted molar refractivity (Wildman–Crippen MR) is 102 cm³/mol. The van der Waals surface area contributed by atoms with Crippen LogP contribution in [0.1, 0.15) is 23.8 Å². The number of hydrogen-bond donors (Lipinski definition) is 0. The molecule has 3 aromatic rings. The molecule has 4 rings (SSSR count). The van der Waals surface area contributed by atoms with E-state index in [1.165, 1.54) is 0 Å². The molecule has 1 atom stereocenters. The summed E-state index contributed by atoms with van der Waals surface area (Å²) in [6, 6.07) is 15.2. The normalized spacial score (nSPS) is 16.4. The quantitative estimate of drug-likeness (QED) is 0.654. The third kappa shape index (κ3) is 3.55. The van der Waals surface area contributed by atoms with Gasteiger partial charge in [-0.3, -0.25) is 4.79 Å². The number of likely N-dealkylation sites (tertiary alicyclic amines) is 1. The summed E-state index contributed by atoms with van der Waals surface area (Å²) < 4.78 is 16.0. The van der Waals surface area contributed by atoms with Gasteiger partial charge in [0.05, 0.1) is 20.1 Å². The molecule has 1 aromatic heterocycles. The van der Waals surface area contributed by atoms with E-state index in [0.717, 1.165) is 22.6 Å². The van der Waals surface area contributed by atoms with Gasteiger partial charge in [-0.1, -0.05) is 23.4 Å². The van der Waals surface area contributed by atoms with Crippen LogP contribution >= 0.6 is 0 Å². The molecule has 0 spiro atoms. The van der Waals surface area contributed by atoms with Crippen molar-refractivity contribution < 1.29 is 18.8 Å². The van der Waals surface area contributed by atoms with Gasteiger partial charge in [0.2, 0.25) is 17.6 Å². The summed E-state index contributed by atoms with van der Waals surface area (Å²) in [5.41, 5.74) is 1.81. The zero-order valence-corrected chi connectivity index (χ0v) is 15.8. The Hall–Kier alpha value is -3.35. The van der Waals surface area contributed by atoms with Crippen molar-refractivity contribution in [3.8, 4) is 22.9 Å². The van der Waals surface area contributed by atoms with Gasteiger partial charge in [0, 0.05) is 30.6 Å². The van der Waals surface area contributed by atoms with Crippen LogP contribution in [-0.2, 0) is 11.3 Å². The molecular weight excluding hydrogens is 358 g/mol. The molecule has 0 bridgehead atoms. The fourth-order valence-electron chi connectivity index (χ4n) is 3.39. The topological polar surface area (TPSA) is 77.7 Å². The Labute approximate surface area is 162 Å². The van der Waals surface area contributed by atoms with E-state index >= 15 is 0 Å². The molecular formula is C21H21N3O4. The largest absolute Gasteiger partial charge is 0.497 e. The zero-order chi connectivity index (χ0) is 19.5. The Balaban J connectivity index is 1.47. The summed E-state index contributed by atoms with van der Waals surface area (Å²) >= 11 is 0. The van der Waals surface area contributed by atoms with E-state index in [1.54, 1.807) is 19.1 Å². The lowest BCUT2D eigenvalue weighted by Crippen LogP contribution is -2.24. The maximum atomic E-state index is 12.5. The molecule has 0 radical (unpaired) electrons. The van der Waals surface area contributed by atoms with E-state index in [2.05, 4.69) is 10.1 Å². The van der Waals surface area contributed by atoms with Gasteiger partial charge in [-0.05, 0) is 30.3 Å². The van der Waals surface area contributed by atoms with Crippen LogP contribution in [0.2, 0.25) is 0 Å². The van der Waals surface area contributed by atoms with Crippen molar-refractivity contribution in [2.24, 2.45) is 0 Å². The average Bonchev–Trinajstić information content (AvgIpc) is 3.36.